The molecule has 2 amide bonds. The molecule has 0 unspecified atom stereocenters. The van der Waals surface area contributed by atoms with Gasteiger partial charge in [0.1, 0.15) is 6.04 Å². The smallest absolute Gasteiger partial charge is 0.242 e. The summed E-state index contributed by atoms with van der Waals surface area (Å²) in [6.45, 7) is 2.19. The molecular weight excluding hydrogens is 372 g/mol. The molecule has 5 heteroatoms. The first-order valence-corrected chi connectivity index (χ1v) is 10.3. The molecule has 0 spiro atoms. The SMILES string of the molecule is C[C@@H](C(=O)NC1CCCC1)N(Cc1ccc(Cl)cc1)C(=O)Cc1ccccc1. The fourth-order valence-corrected chi connectivity index (χ4v) is 3.76. The van der Waals surface area contributed by atoms with Gasteiger partial charge >= 0.3 is 0 Å². The Hall–Kier alpha value is -2.33. The van der Waals surface area contributed by atoms with E-state index in [1.54, 1.807) is 17.0 Å². The van der Waals surface area contributed by atoms with Crippen molar-refractivity contribution in [2.24, 2.45) is 0 Å². The number of rotatable bonds is 7. The average molecular weight is 399 g/mol. The van der Waals surface area contributed by atoms with Crippen LogP contribution in [0.25, 0.3) is 0 Å². The zero-order valence-electron chi connectivity index (χ0n) is 16.2. The van der Waals surface area contributed by atoms with E-state index in [-0.39, 0.29) is 24.3 Å². The molecular formula is C23H27ClN2O2. The lowest BCUT2D eigenvalue weighted by molar-refractivity contribution is -0.140. The number of benzene rings is 2. The summed E-state index contributed by atoms with van der Waals surface area (Å²) in [6, 6.07) is 16.7. The van der Waals surface area contributed by atoms with Crippen molar-refractivity contribution in [3.05, 3.63) is 70.7 Å². The first kappa shape index (κ1) is 20.4. The minimum Gasteiger partial charge on any atom is -0.352 e. The average Bonchev–Trinajstić information content (AvgIpc) is 3.20. The number of hydrogen-bond donors (Lipinski definition) is 1. The topological polar surface area (TPSA) is 49.4 Å². The van der Waals surface area contributed by atoms with Gasteiger partial charge in [-0.15, -0.1) is 0 Å². The lowest BCUT2D eigenvalue weighted by Gasteiger charge is -2.30. The molecule has 1 fully saturated rings. The summed E-state index contributed by atoms with van der Waals surface area (Å²) in [7, 11) is 0. The van der Waals surface area contributed by atoms with Crippen LogP contribution in [-0.2, 0) is 22.6 Å². The largest absolute Gasteiger partial charge is 0.352 e. The third-order valence-electron chi connectivity index (χ3n) is 5.33. The molecule has 3 rings (SSSR count). The molecule has 1 N–H and O–H groups in total. The van der Waals surface area contributed by atoms with Crippen molar-refractivity contribution in [2.75, 3.05) is 0 Å². The van der Waals surface area contributed by atoms with Gasteiger partial charge in [0.15, 0.2) is 0 Å². The van der Waals surface area contributed by atoms with E-state index in [1.165, 1.54) is 0 Å². The van der Waals surface area contributed by atoms with E-state index in [0.29, 0.717) is 11.6 Å². The number of carbonyl (C=O) groups is 2. The molecule has 0 aromatic heterocycles. The second-order valence-corrected chi connectivity index (χ2v) is 7.91. The van der Waals surface area contributed by atoms with Gasteiger partial charge in [-0.2, -0.15) is 0 Å². The van der Waals surface area contributed by atoms with E-state index >= 15 is 0 Å². The van der Waals surface area contributed by atoms with Crippen LogP contribution in [0.2, 0.25) is 5.02 Å². The summed E-state index contributed by atoms with van der Waals surface area (Å²) >= 11 is 5.98. The van der Waals surface area contributed by atoms with Crippen LogP contribution in [-0.4, -0.2) is 28.8 Å². The number of halogens is 1. The Labute approximate surface area is 171 Å². The Bertz CT molecular complexity index is 786. The number of amides is 2. The minimum atomic E-state index is -0.535. The van der Waals surface area contributed by atoms with Crippen LogP contribution in [0.1, 0.15) is 43.7 Å². The van der Waals surface area contributed by atoms with Crippen LogP contribution in [0.5, 0.6) is 0 Å². The van der Waals surface area contributed by atoms with Crippen molar-refractivity contribution in [2.45, 2.75) is 57.7 Å². The van der Waals surface area contributed by atoms with Gasteiger partial charge in [0.05, 0.1) is 6.42 Å². The molecule has 1 aliphatic carbocycles. The molecule has 1 atom stereocenters. The molecule has 28 heavy (non-hydrogen) atoms. The zero-order valence-corrected chi connectivity index (χ0v) is 17.0. The molecule has 2 aromatic carbocycles. The number of carbonyl (C=O) groups excluding carboxylic acids is 2. The maximum absolute atomic E-state index is 13.1. The summed E-state index contributed by atoms with van der Waals surface area (Å²) < 4.78 is 0. The summed E-state index contributed by atoms with van der Waals surface area (Å²) in [6.07, 6.45) is 4.62. The van der Waals surface area contributed by atoms with Crippen LogP contribution >= 0.6 is 11.6 Å². The summed E-state index contributed by atoms with van der Waals surface area (Å²) in [4.78, 5) is 27.6. The second kappa shape index (κ2) is 9.74. The molecule has 0 aliphatic heterocycles. The van der Waals surface area contributed by atoms with Crippen LogP contribution in [0, 0.1) is 0 Å². The van der Waals surface area contributed by atoms with Crippen LogP contribution in [0.15, 0.2) is 54.6 Å². The van der Waals surface area contributed by atoms with Crippen molar-refractivity contribution < 1.29 is 9.59 Å². The predicted molar refractivity (Wildman–Crippen MR) is 112 cm³/mol. The highest BCUT2D eigenvalue weighted by Gasteiger charge is 2.28. The quantitative estimate of drug-likeness (QED) is 0.753. The molecule has 0 radical (unpaired) electrons. The standard InChI is InChI=1S/C23H27ClN2O2/c1-17(23(28)25-21-9-5-6-10-21)26(16-19-11-13-20(24)14-12-19)22(27)15-18-7-3-2-4-8-18/h2-4,7-8,11-14,17,21H,5-6,9-10,15-16H2,1H3,(H,25,28)/t17-/m0/s1. The molecule has 1 aliphatic rings. The lowest BCUT2D eigenvalue weighted by Crippen LogP contribution is -2.50. The maximum Gasteiger partial charge on any atom is 0.242 e. The first-order valence-electron chi connectivity index (χ1n) is 9.91. The minimum absolute atomic E-state index is 0.0600. The van der Waals surface area contributed by atoms with E-state index < -0.39 is 6.04 Å². The van der Waals surface area contributed by atoms with Gasteiger partial charge in [-0.05, 0) is 43.0 Å². The molecule has 0 heterocycles. The van der Waals surface area contributed by atoms with Crippen molar-refractivity contribution >= 4 is 23.4 Å². The van der Waals surface area contributed by atoms with Gasteiger partial charge in [0.25, 0.3) is 0 Å². The molecule has 1 saturated carbocycles. The Morgan fingerprint density at radius 1 is 1.04 bits per heavy atom. The van der Waals surface area contributed by atoms with Crippen molar-refractivity contribution in [1.29, 1.82) is 0 Å². The van der Waals surface area contributed by atoms with Crippen molar-refractivity contribution in [3.8, 4) is 0 Å². The van der Waals surface area contributed by atoms with E-state index in [4.69, 9.17) is 11.6 Å². The van der Waals surface area contributed by atoms with E-state index in [9.17, 15) is 9.59 Å². The highest BCUT2D eigenvalue weighted by molar-refractivity contribution is 6.30. The zero-order chi connectivity index (χ0) is 19.9. The Morgan fingerprint density at radius 2 is 1.68 bits per heavy atom. The number of hydrogen-bond acceptors (Lipinski definition) is 2. The lowest BCUT2D eigenvalue weighted by atomic mass is 10.1. The van der Waals surface area contributed by atoms with E-state index in [2.05, 4.69) is 5.32 Å². The van der Waals surface area contributed by atoms with Gasteiger partial charge in [-0.3, -0.25) is 9.59 Å². The molecule has 4 nitrogen and oxygen atoms in total. The van der Waals surface area contributed by atoms with Crippen LogP contribution < -0.4 is 5.32 Å². The van der Waals surface area contributed by atoms with E-state index in [0.717, 1.165) is 36.8 Å². The Morgan fingerprint density at radius 3 is 2.32 bits per heavy atom. The van der Waals surface area contributed by atoms with Gasteiger partial charge < -0.3 is 10.2 Å². The van der Waals surface area contributed by atoms with Crippen LogP contribution in [0.3, 0.4) is 0 Å². The molecule has 0 bridgehead atoms. The third-order valence-corrected chi connectivity index (χ3v) is 5.59. The normalized spacial score (nSPS) is 15.2. The first-order chi connectivity index (χ1) is 13.5. The summed E-state index contributed by atoms with van der Waals surface area (Å²) in [5.41, 5.74) is 1.89. The summed E-state index contributed by atoms with van der Waals surface area (Å²) in [5.74, 6) is -0.141. The highest BCUT2D eigenvalue weighted by atomic mass is 35.5. The molecule has 2 aromatic rings. The monoisotopic (exact) mass is 398 g/mol. The van der Waals surface area contributed by atoms with Crippen LogP contribution in [0.4, 0.5) is 0 Å². The van der Waals surface area contributed by atoms with Gasteiger partial charge in [0.2, 0.25) is 11.8 Å². The third kappa shape index (κ3) is 5.59. The predicted octanol–water partition coefficient (Wildman–Crippen LogP) is 4.36. The second-order valence-electron chi connectivity index (χ2n) is 7.48. The Kier molecular flexibility index (Phi) is 7.10. The molecule has 148 valence electrons. The molecule has 0 saturated heterocycles. The number of nitrogens with zero attached hydrogens (tertiary/aromatic N) is 1. The summed E-state index contributed by atoms with van der Waals surface area (Å²) in [5, 5.41) is 3.77. The van der Waals surface area contributed by atoms with E-state index in [1.807, 2.05) is 49.4 Å². The Balaban J connectivity index is 1.74. The maximum atomic E-state index is 13.1. The van der Waals surface area contributed by atoms with Gasteiger partial charge in [-0.1, -0.05) is 66.9 Å². The fraction of sp³-hybridized carbons (Fsp3) is 0.391. The van der Waals surface area contributed by atoms with Gasteiger partial charge in [-0.25, -0.2) is 0 Å². The number of nitrogens with one attached hydrogen (secondary N) is 1. The van der Waals surface area contributed by atoms with Crippen molar-refractivity contribution in [3.63, 3.8) is 0 Å². The van der Waals surface area contributed by atoms with Gasteiger partial charge in [0, 0.05) is 17.6 Å². The highest BCUT2D eigenvalue weighted by Crippen LogP contribution is 2.19. The van der Waals surface area contributed by atoms with Crippen molar-refractivity contribution in [1.82, 2.24) is 10.2 Å². The fourth-order valence-electron chi connectivity index (χ4n) is 3.63.